The van der Waals surface area contributed by atoms with Crippen LogP contribution in [0.25, 0.3) is 0 Å². The average molecular weight is 351 g/mol. The highest BCUT2D eigenvalue weighted by Gasteiger charge is 2.37. The Labute approximate surface area is 152 Å². The fraction of sp³-hybridized carbons (Fsp3) is 0.350. The van der Waals surface area contributed by atoms with E-state index in [-0.39, 0.29) is 29.8 Å². The molecule has 2 heterocycles. The molecule has 1 atom stereocenters. The smallest absolute Gasteiger partial charge is 0.257 e. The maximum absolute atomic E-state index is 12.5. The normalized spacial score (nSPS) is 19.5. The molecule has 1 aliphatic carbocycles. The van der Waals surface area contributed by atoms with E-state index in [1.807, 2.05) is 17.0 Å². The van der Waals surface area contributed by atoms with Crippen LogP contribution in [0.5, 0.6) is 5.88 Å². The molecule has 4 rings (SSSR count). The van der Waals surface area contributed by atoms with Crippen LogP contribution in [-0.4, -0.2) is 47.4 Å². The lowest BCUT2D eigenvalue weighted by atomic mass is 10.1. The maximum Gasteiger partial charge on any atom is 0.257 e. The van der Waals surface area contributed by atoms with Crippen LogP contribution < -0.4 is 10.1 Å². The summed E-state index contributed by atoms with van der Waals surface area (Å²) in [6.45, 7) is 0.547. The molecule has 1 aliphatic heterocycles. The molecule has 1 aromatic carbocycles. The fourth-order valence-corrected chi connectivity index (χ4v) is 3.93. The van der Waals surface area contributed by atoms with Gasteiger partial charge in [0.25, 0.3) is 5.91 Å². The number of amides is 2. The Balaban J connectivity index is 1.42. The molecule has 134 valence electrons. The van der Waals surface area contributed by atoms with Gasteiger partial charge in [-0.3, -0.25) is 9.59 Å². The van der Waals surface area contributed by atoms with E-state index in [0.717, 1.165) is 12.8 Å². The molecule has 0 unspecified atom stereocenters. The van der Waals surface area contributed by atoms with E-state index in [1.165, 1.54) is 18.2 Å². The van der Waals surface area contributed by atoms with Crippen molar-refractivity contribution in [2.75, 3.05) is 13.7 Å². The lowest BCUT2D eigenvalue weighted by Crippen LogP contribution is -2.41. The van der Waals surface area contributed by atoms with Gasteiger partial charge in [0, 0.05) is 25.2 Å². The molecular weight excluding hydrogens is 330 g/mol. The van der Waals surface area contributed by atoms with Crippen molar-refractivity contribution in [3.63, 3.8) is 0 Å². The second-order valence-electron chi connectivity index (χ2n) is 6.81. The zero-order valence-electron chi connectivity index (χ0n) is 14.6. The van der Waals surface area contributed by atoms with Gasteiger partial charge >= 0.3 is 0 Å². The van der Waals surface area contributed by atoms with Crippen LogP contribution in [0.1, 0.15) is 27.9 Å². The number of likely N-dealkylation sites (tertiary alicyclic amines) is 1. The molecule has 1 aromatic heterocycles. The number of carbonyl (C=O) groups excluding carboxylic acids is 2. The number of benzene rings is 1. The van der Waals surface area contributed by atoms with Gasteiger partial charge in [0.05, 0.1) is 13.2 Å². The molecule has 6 nitrogen and oxygen atoms in total. The minimum Gasteiger partial charge on any atom is -0.480 e. The van der Waals surface area contributed by atoms with E-state index in [2.05, 4.69) is 22.4 Å². The fourth-order valence-electron chi connectivity index (χ4n) is 3.93. The first-order chi connectivity index (χ1) is 12.7. The third kappa shape index (κ3) is 3.03. The first-order valence-electron chi connectivity index (χ1n) is 8.82. The molecule has 26 heavy (non-hydrogen) atoms. The van der Waals surface area contributed by atoms with E-state index in [1.54, 1.807) is 18.3 Å². The number of methoxy groups -OCH3 is 1. The molecule has 1 N–H and O–H groups in total. The Bertz CT molecular complexity index is 827. The van der Waals surface area contributed by atoms with E-state index in [9.17, 15) is 9.59 Å². The Hall–Kier alpha value is -2.89. The third-order valence-corrected chi connectivity index (χ3v) is 5.17. The molecule has 0 spiro atoms. The van der Waals surface area contributed by atoms with Gasteiger partial charge < -0.3 is 15.0 Å². The maximum atomic E-state index is 12.5. The number of hydrogen-bond acceptors (Lipinski definition) is 4. The van der Waals surface area contributed by atoms with E-state index < -0.39 is 0 Å². The number of nitrogens with one attached hydrogen (secondary N) is 1. The van der Waals surface area contributed by atoms with Crippen molar-refractivity contribution in [2.45, 2.75) is 31.3 Å². The molecular formula is C20H21N3O3. The van der Waals surface area contributed by atoms with Gasteiger partial charge in [-0.2, -0.15) is 0 Å². The van der Waals surface area contributed by atoms with Crippen molar-refractivity contribution in [1.29, 1.82) is 0 Å². The topological polar surface area (TPSA) is 71.5 Å². The number of rotatable bonds is 4. The summed E-state index contributed by atoms with van der Waals surface area (Å²) in [5.74, 6) is 0.132. The summed E-state index contributed by atoms with van der Waals surface area (Å²) in [6, 6.07) is 11.7. The lowest BCUT2D eigenvalue weighted by Gasteiger charge is -2.24. The van der Waals surface area contributed by atoms with Gasteiger partial charge in [-0.05, 0) is 36.1 Å². The average Bonchev–Trinajstić information content (AvgIpc) is 3.24. The molecule has 6 heteroatoms. The van der Waals surface area contributed by atoms with Gasteiger partial charge in [0.2, 0.25) is 11.8 Å². The minimum absolute atomic E-state index is 0.103. The second kappa shape index (κ2) is 6.78. The second-order valence-corrected chi connectivity index (χ2v) is 6.81. The SMILES string of the molecule is COc1ncccc1C(=O)N[C@@H]1CC(=O)N(C2Cc3ccccc3C2)C1. The van der Waals surface area contributed by atoms with Crippen LogP contribution >= 0.6 is 0 Å². The highest BCUT2D eigenvalue weighted by atomic mass is 16.5. The molecule has 0 bridgehead atoms. The first-order valence-corrected chi connectivity index (χ1v) is 8.82. The summed E-state index contributed by atoms with van der Waals surface area (Å²) in [6.07, 6.45) is 3.69. The van der Waals surface area contributed by atoms with Crippen LogP contribution in [0, 0.1) is 0 Å². The summed E-state index contributed by atoms with van der Waals surface area (Å²) in [5.41, 5.74) is 3.02. The lowest BCUT2D eigenvalue weighted by molar-refractivity contribution is -0.129. The summed E-state index contributed by atoms with van der Waals surface area (Å²) < 4.78 is 5.14. The van der Waals surface area contributed by atoms with Crippen LogP contribution in [0.4, 0.5) is 0 Å². The standard InChI is InChI=1S/C20H21N3O3/c1-26-20-17(7-4-8-21-20)19(25)22-15-11-18(24)23(12-15)16-9-13-5-2-3-6-14(13)10-16/h2-8,15-16H,9-12H2,1H3,(H,22,25)/t15-/m1/s1. The zero-order valence-corrected chi connectivity index (χ0v) is 14.6. The van der Waals surface area contributed by atoms with Crippen LogP contribution in [-0.2, 0) is 17.6 Å². The Morgan fingerprint density at radius 2 is 1.88 bits per heavy atom. The predicted octanol–water partition coefficient (Wildman–Crippen LogP) is 1.59. The van der Waals surface area contributed by atoms with Crippen molar-refractivity contribution >= 4 is 11.8 Å². The van der Waals surface area contributed by atoms with Crippen molar-refractivity contribution in [3.8, 4) is 5.88 Å². The van der Waals surface area contributed by atoms with E-state index in [4.69, 9.17) is 4.74 Å². The van der Waals surface area contributed by atoms with E-state index >= 15 is 0 Å². The first kappa shape index (κ1) is 16.6. The van der Waals surface area contributed by atoms with Gasteiger partial charge in [0.1, 0.15) is 5.56 Å². The van der Waals surface area contributed by atoms with Gasteiger partial charge in [-0.25, -0.2) is 4.98 Å². The monoisotopic (exact) mass is 351 g/mol. The molecule has 2 amide bonds. The minimum atomic E-state index is -0.260. The molecule has 1 saturated heterocycles. The van der Waals surface area contributed by atoms with Crippen molar-refractivity contribution in [2.24, 2.45) is 0 Å². The molecule has 0 radical (unpaired) electrons. The Morgan fingerprint density at radius 3 is 2.58 bits per heavy atom. The van der Waals surface area contributed by atoms with Gasteiger partial charge in [-0.1, -0.05) is 24.3 Å². The summed E-state index contributed by atoms with van der Waals surface area (Å²) in [7, 11) is 1.48. The highest BCUT2D eigenvalue weighted by molar-refractivity contribution is 5.97. The Kier molecular flexibility index (Phi) is 4.32. The summed E-state index contributed by atoms with van der Waals surface area (Å²) in [4.78, 5) is 31.0. The number of pyridine rings is 1. The van der Waals surface area contributed by atoms with Crippen LogP contribution in [0.3, 0.4) is 0 Å². The quantitative estimate of drug-likeness (QED) is 0.908. The molecule has 1 fully saturated rings. The van der Waals surface area contributed by atoms with Crippen LogP contribution in [0.15, 0.2) is 42.6 Å². The van der Waals surface area contributed by atoms with E-state index in [0.29, 0.717) is 18.5 Å². The number of ether oxygens (including phenoxy) is 1. The molecule has 2 aromatic rings. The number of nitrogens with zero attached hydrogens (tertiary/aromatic N) is 2. The number of fused-ring (bicyclic) bond motifs is 1. The predicted molar refractivity (Wildman–Crippen MR) is 96.0 cm³/mol. The largest absolute Gasteiger partial charge is 0.480 e. The molecule has 2 aliphatic rings. The zero-order chi connectivity index (χ0) is 18.1. The number of carbonyl (C=O) groups is 2. The van der Waals surface area contributed by atoms with Crippen molar-refractivity contribution in [1.82, 2.24) is 15.2 Å². The van der Waals surface area contributed by atoms with Gasteiger partial charge in [-0.15, -0.1) is 0 Å². The number of aromatic nitrogens is 1. The van der Waals surface area contributed by atoms with Gasteiger partial charge in [0.15, 0.2) is 0 Å². The summed E-state index contributed by atoms with van der Waals surface area (Å²) >= 11 is 0. The number of hydrogen-bond donors (Lipinski definition) is 1. The molecule has 0 saturated carbocycles. The van der Waals surface area contributed by atoms with Crippen LogP contribution in [0.2, 0.25) is 0 Å². The third-order valence-electron chi connectivity index (χ3n) is 5.17. The van der Waals surface area contributed by atoms with Crippen molar-refractivity contribution in [3.05, 3.63) is 59.3 Å². The Morgan fingerprint density at radius 1 is 1.15 bits per heavy atom. The summed E-state index contributed by atoms with van der Waals surface area (Å²) in [5, 5.41) is 2.95. The highest BCUT2D eigenvalue weighted by Crippen LogP contribution is 2.28. The van der Waals surface area contributed by atoms with Crippen molar-refractivity contribution < 1.29 is 14.3 Å².